The lowest BCUT2D eigenvalue weighted by Gasteiger charge is -2.14. The highest BCUT2D eigenvalue weighted by atomic mass is 35.5. The van der Waals surface area contributed by atoms with Crippen LogP contribution in [0, 0.1) is 6.92 Å². The van der Waals surface area contributed by atoms with Gasteiger partial charge in [-0.05, 0) is 66.9 Å². The Hall–Kier alpha value is -4.17. The van der Waals surface area contributed by atoms with Crippen molar-refractivity contribution in [3.63, 3.8) is 0 Å². The molecular formula is C26H25ClN4O4. The standard InChI is InChI=1S/C26H25ClN4O4/c1-17-8-11-21(27)14-23(17)30-25(33)26(34)31-28-15-19-9-12-22(13-10-19)35-16-24(32)29-18(2)20-6-4-3-5-7-20/h3-15,18H,16H2,1-2H3,(H,29,32)(H,30,33)(H,31,34)/b28-15-/t18-/m1/s1. The number of aryl methyl sites for hydroxylation is 1. The summed E-state index contributed by atoms with van der Waals surface area (Å²) in [5.41, 5.74) is 5.05. The van der Waals surface area contributed by atoms with Crippen molar-refractivity contribution in [2.45, 2.75) is 19.9 Å². The molecule has 0 heterocycles. The molecule has 0 aliphatic heterocycles. The fourth-order valence-corrected chi connectivity index (χ4v) is 3.20. The van der Waals surface area contributed by atoms with Gasteiger partial charge in [-0.2, -0.15) is 5.10 Å². The fraction of sp³-hybridized carbons (Fsp3) is 0.154. The number of ether oxygens (including phenoxy) is 1. The van der Waals surface area contributed by atoms with E-state index in [1.807, 2.05) is 37.3 Å². The summed E-state index contributed by atoms with van der Waals surface area (Å²) in [4.78, 5) is 36.2. The number of benzene rings is 3. The van der Waals surface area contributed by atoms with E-state index in [9.17, 15) is 14.4 Å². The van der Waals surface area contributed by atoms with Gasteiger partial charge >= 0.3 is 11.8 Å². The lowest BCUT2D eigenvalue weighted by molar-refractivity contribution is -0.136. The van der Waals surface area contributed by atoms with E-state index in [0.717, 1.165) is 11.1 Å². The third kappa shape index (κ3) is 7.97. The van der Waals surface area contributed by atoms with E-state index in [-0.39, 0.29) is 18.6 Å². The minimum Gasteiger partial charge on any atom is -0.484 e. The number of nitrogens with zero attached hydrogens (tertiary/aromatic N) is 1. The van der Waals surface area contributed by atoms with Crippen LogP contribution in [0.2, 0.25) is 5.02 Å². The van der Waals surface area contributed by atoms with Crippen LogP contribution in [0.15, 0.2) is 77.9 Å². The van der Waals surface area contributed by atoms with Crippen LogP contribution in [0.25, 0.3) is 0 Å². The molecule has 0 aromatic heterocycles. The molecular weight excluding hydrogens is 468 g/mol. The molecule has 0 saturated carbocycles. The number of anilines is 1. The van der Waals surface area contributed by atoms with Gasteiger partial charge in [-0.3, -0.25) is 14.4 Å². The molecule has 0 aliphatic carbocycles. The molecule has 0 fully saturated rings. The quantitative estimate of drug-likeness (QED) is 0.251. The summed E-state index contributed by atoms with van der Waals surface area (Å²) in [6, 6.07) is 21.2. The number of amides is 3. The molecule has 0 saturated heterocycles. The Bertz CT molecular complexity index is 1210. The van der Waals surface area contributed by atoms with Crippen molar-refractivity contribution >= 4 is 41.2 Å². The third-order valence-corrected chi connectivity index (χ3v) is 5.20. The highest BCUT2D eigenvalue weighted by molar-refractivity contribution is 6.40. The van der Waals surface area contributed by atoms with E-state index in [2.05, 4.69) is 21.2 Å². The lowest BCUT2D eigenvalue weighted by atomic mass is 10.1. The summed E-state index contributed by atoms with van der Waals surface area (Å²) in [7, 11) is 0. The van der Waals surface area contributed by atoms with Crippen LogP contribution in [0.5, 0.6) is 5.75 Å². The van der Waals surface area contributed by atoms with Gasteiger partial charge in [0.1, 0.15) is 5.75 Å². The summed E-state index contributed by atoms with van der Waals surface area (Å²) in [6.07, 6.45) is 1.38. The maximum absolute atomic E-state index is 12.1. The first-order chi connectivity index (χ1) is 16.8. The zero-order chi connectivity index (χ0) is 25.2. The lowest BCUT2D eigenvalue weighted by Crippen LogP contribution is -2.32. The zero-order valence-corrected chi connectivity index (χ0v) is 20.0. The average molecular weight is 493 g/mol. The Morgan fingerprint density at radius 3 is 2.43 bits per heavy atom. The second-order valence-electron chi connectivity index (χ2n) is 7.67. The number of hydrazone groups is 1. The topological polar surface area (TPSA) is 109 Å². The third-order valence-electron chi connectivity index (χ3n) is 4.96. The largest absolute Gasteiger partial charge is 0.484 e. The summed E-state index contributed by atoms with van der Waals surface area (Å²) in [6.45, 7) is 3.57. The van der Waals surface area contributed by atoms with E-state index in [1.165, 1.54) is 6.21 Å². The van der Waals surface area contributed by atoms with E-state index in [4.69, 9.17) is 16.3 Å². The number of hydrogen-bond acceptors (Lipinski definition) is 5. The van der Waals surface area contributed by atoms with Crippen molar-refractivity contribution in [3.8, 4) is 5.75 Å². The Kier molecular flexibility index (Phi) is 8.97. The first-order valence-corrected chi connectivity index (χ1v) is 11.2. The van der Waals surface area contributed by atoms with Crippen molar-refractivity contribution in [3.05, 3.63) is 94.5 Å². The second kappa shape index (κ2) is 12.3. The number of hydrogen-bond donors (Lipinski definition) is 3. The molecule has 3 aromatic rings. The van der Waals surface area contributed by atoms with Gasteiger partial charge in [0.15, 0.2) is 6.61 Å². The highest BCUT2D eigenvalue weighted by Gasteiger charge is 2.14. The van der Waals surface area contributed by atoms with Crippen LogP contribution in [0.4, 0.5) is 5.69 Å². The zero-order valence-electron chi connectivity index (χ0n) is 19.2. The summed E-state index contributed by atoms with van der Waals surface area (Å²) < 4.78 is 5.52. The van der Waals surface area contributed by atoms with Gasteiger partial charge in [0.05, 0.1) is 12.3 Å². The van der Waals surface area contributed by atoms with E-state index in [0.29, 0.717) is 22.0 Å². The van der Waals surface area contributed by atoms with Crippen molar-refractivity contribution in [2.24, 2.45) is 5.10 Å². The molecule has 9 heteroatoms. The van der Waals surface area contributed by atoms with Crippen LogP contribution in [-0.2, 0) is 14.4 Å². The van der Waals surface area contributed by atoms with Crippen LogP contribution in [-0.4, -0.2) is 30.5 Å². The Labute approximate surface area is 208 Å². The predicted octanol–water partition coefficient (Wildman–Crippen LogP) is 3.99. The molecule has 0 unspecified atom stereocenters. The molecule has 8 nitrogen and oxygen atoms in total. The molecule has 0 aliphatic rings. The van der Waals surface area contributed by atoms with E-state index < -0.39 is 11.8 Å². The van der Waals surface area contributed by atoms with E-state index >= 15 is 0 Å². The Balaban J connectivity index is 1.43. The number of rotatable bonds is 8. The molecule has 3 rings (SSSR count). The van der Waals surface area contributed by atoms with Crippen molar-refractivity contribution in [1.29, 1.82) is 0 Å². The predicted molar refractivity (Wildman–Crippen MR) is 135 cm³/mol. The first kappa shape index (κ1) is 25.5. The monoisotopic (exact) mass is 492 g/mol. The minimum atomic E-state index is -0.920. The number of nitrogens with one attached hydrogen (secondary N) is 3. The van der Waals surface area contributed by atoms with Gasteiger partial charge < -0.3 is 15.4 Å². The van der Waals surface area contributed by atoms with Crippen molar-refractivity contribution < 1.29 is 19.1 Å². The molecule has 3 aromatic carbocycles. The number of carbonyl (C=O) groups excluding carboxylic acids is 3. The van der Waals surface area contributed by atoms with Crippen LogP contribution in [0.3, 0.4) is 0 Å². The maximum atomic E-state index is 12.1. The molecule has 3 amide bonds. The van der Waals surface area contributed by atoms with Crippen molar-refractivity contribution in [2.75, 3.05) is 11.9 Å². The van der Waals surface area contributed by atoms with Gasteiger partial charge in [0.25, 0.3) is 5.91 Å². The van der Waals surface area contributed by atoms with Gasteiger partial charge in [-0.15, -0.1) is 0 Å². The second-order valence-corrected chi connectivity index (χ2v) is 8.11. The molecule has 0 bridgehead atoms. The number of halogens is 1. The molecule has 35 heavy (non-hydrogen) atoms. The smallest absolute Gasteiger partial charge is 0.329 e. The highest BCUT2D eigenvalue weighted by Crippen LogP contribution is 2.20. The molecule has 0 spiro atoms. The summed E-state index contributed by atoms with van der Waals surface area (Å²) >= 11 is 5.92. The van der Waals surface area contributed by atoms with Crippen LogP contribution in [0.1, 0.15) is 29.7 Å². The first-order valence-electron chi connectivity index (χ1n) is 10.8. The Morgan fingerprint density at radius 2 is 1.71 bits per heavy atom. The SMILES string of the molecule is Cc1ccc(Cl)cc1NC(=O)C(=O)N/N=C\c1ccc(OCC(=O)N[C@H](C)c2ccccc2)cc1. The van der Waals surface area contributed by atoms with Gasteiger partial charge in [0, 0.05) is 10.7 Å². The van der Waals surface area contributed by atoms with E-state index in [1.54, 1.807) is 49.4 Å². The van der Waals surface area contributed by atoms with Crippen LogP contribution >= 0.6 is 11.6 Å². The maximum Gasteiger partial charge on any atom is 0.329 e. The average Bonchev–Trinajstić information content (AvgIpc) is 2.86. The van der Waals surface area contributed by atoms with Crippen LogP contribution < -0.4 is 20.8 Å². The Morgan fingerprint density at radius 1 is 1.00 bits per heavy atom. The summed E-state index contributed by atoms with van der Waals surface area (Å²) in [5, 5.41) is 9.61. The molecule has 1 atom stereocenters. The summed E-state index contributed by atoms with van der Waals surface area (Å²) in [5.74, 6) is -1.52. The minimum absolute atomic E-state index is 0.123. The van der Waals surface area contributed by atoms with Gasteiger partial charge in [-0.25, -0.2) is 5.43 Å². The van der Waals surface area contributed by atoms with Gasteiger partial charge in [-0.1, -0.05) is 48.0 Å². The number of carbonyl (C=O) groups is 3. The fourth-order valence-electron chi connectivity index (χ4n) is 3.03. The van der Waals surface area contributed by atoms with Crippen molar-refractivity contribution in [1.82, 2.24) is 10.7 Å². The molecule has 0 radical (unpaired) electrons. The molecule has 180 valence electrons. The van der Waals surface area contributed by atoms with Gasteiger partial charge in [0.2, 0.25) is 0 Å². The molecule has 3 N–H and O–H groups in total. The normalized spacial score (nSPS) is 11.5.